The fourth-order valence-electron chi connectivity index (χ4n) is 1.28. The van der Waals surface area contributed by atoms with E-state index in [9.17, 15) is 4.79 Å². The molecule has 14 heavy (non-hydrogen) atoms. The van der Waals surface area contributed by atoms with E-state index in [2.05, 4.69) is 5.10 Å². The van der Waals surface area contributed by atoms with Crippen LogP contribution in [0.15, 0.2) is 12.3 Å². The third kappa shape index (κ3) is 3.30. The number of Topliss-reactive ketones (excluding diaryl/α,β-unsaturated/α-hetero) is 1. The van der Waals surface area contributed by atoms with Crippen LogP contribution in [0.4, 0.5) is 0 Å². The summed E-state index contributed by atoms with van der Waals surface area (Å²) in [5.74, 6) is 0.103. The van der Waals surface area contributed by atoms with Crippen molar-refractivity contribution in [1.82, 2.24) is 9.78 Å². The van der Waals surface area contributed by atoms with Crippen LogP contribution in [-0.4, -0.2) is 21.6 Å². The molecule has 4 heteroatoms. The van der Waals surface area contributed by atoms with Crippen LogP contribution in [-0.2, 0) is 7.05 Å². The first-order valence-corrected chi connectivity index (χ1v) is 4.88. The van der Waals surface area contributed by atoms with Crippen molar-refractivity contribution in [3.8, 4) is 0 Å². The number of carbonyl (C=O) groups excluding carboxylic acids is 1. The van der Waals surface area contributed by atoms with Crippen molar-refractivity contribution in [2.24, 2.45) is 12.8 Å². The molecule has 0 aliphatic heterocycles. The molecular formula is C10H17N3O. The van der Waals surface area contributed by atoms with Crippen LogP contribution >= 0.6 is 0 Å². The van der Waals surface area contributed by atoms with Crippen LogP contribution in [0.25, 0.3) is 0 Å². The minimum absolute atomic E-state index is 0.103. The molecular weight excluding hydrogens is 178 g/mol. The molecule has 1 aromatic rings. The van der Waals surface area contributed by atoms with Gasteiger partial charge in [0, 0.05) is 25.7 Å². The Hall–Kier alpha value is -1.16. The number of carbonyl (C=O) groups is 1. The molecule has 0 amide bonds. The Morgan fingerprint density at radius 1 is 1.71 bits per heavy atom. The van der Waals surface area contributed by atoms with E-state index in [-0.39, 0.29) is 11.8 Å². The van der Waals surface area contributed by atoms with Gasteiger partial charge in [-0.1, -0.05) is 0 Å². The quantitative estimate of drug-likeness (QED) is 0.716. The molecule has 2 N–H and O–H groups in total. The lowest BCUT2D eigenvalue weighted by Crippen LogP contribution is -2.14. The first-order valence-electron chi connectivity index (χ1n) is 4.88. The Morgan fingerprint density at radius 2 is 2.43 bits per heavy atom. The maximum atomic E-state index is 11.5. The fourth-order valence-corrected chi connectivity index (χ4v) is 1.28. The minimum atomic E-state index is 0.103. The van der Waals surface area contributed by atoms with Gasteiger partial charge < -0.3 is 5.73 Å². The van der Waals surface area contributed by atoms with E-state index in [4.69, 9.17) is 5.73 Å². The highest BCUT2D eigenvalue weighted by molar-refractivity contribution is 5.94. The lowest BCUT2D eigenvalue weighted by atomic mass is 10.1. The van der Waals surface area contributed by atoms with Crippen LogP contribution in [0.5, 0.6) is 0 Å². The van der Waals surface area contributed by atoms with Crippen molar-refractivity contribution >= 4 is 5.78 Å². The van der Waals surface area contributed by atoms with Crippen molar-refractivity contribution in [3.05, 3.63) is 18.0 Å². The van der Waals surface area contributed by atoms with Crippen LogP contribution in [0, 0.1) is 0 Å². The Balaban J connectivity index is 2.36. The van der Waals surface area contributed by atoms with Crippen molar-refractivity contribution in [2.45, 2.75) is 32.2 Å². The molecule has 1 rings (SSSR count). The summed E-state index contributed by atoms with van der Waals surface area (Å²) in [6.45, 7) is 1.95. The molecule has 1 aromatic heterocycles. The molecule has 1 unspecified atom stereocenters. The SMILES string of the molecule is CC(N)CCCC(=O)c1ccn(C)n1. The Morgan fingerprint density at radius 3 is 2.93 bits per heavy atom. The molecule has 0 radical (unpaired) electrons. The first kappa shape index (κ1) is 10.9. The highest BCUT2D eigenvalue weighted by Crippen LogP contribution is 2.05. The van der Waals surface area contributed by atoms with Crippen molar-refractivity contribution in [3.63, 3.8) is 0 Å². The predicted octanol–water partition coefficient (Wildman–Crippen LogP) is 1.12. The van der Waals surface area contributed by atoms with E-state index in [1.54, 1.807) is 24.0 Å². The van der Waals surface area contributed by atoms with E-state index in [1.807, 2.05) is 6.92 Å². The maximum absolute atomic E-state index is 11.5. The summed E-state index contributed by atoms with van der Waals surface area (Å²) in [5.41, 5.74) is 6.14. The van der Waals surface area contributed by atoms with E-state index in [0.29, 0.717) is 12.1 Å². The first-order chi connectivity index (χ1) is 6.59. The standard InChI is InChI=1S/C10H17N3O/c1-8(11)4-3-5-10(14)9-6-7-13(2)12-9/h6-8H,3-5,11H2,1-2H3. The van der Waals surface area contributed by atoms with Crippen LogP contribution in [0.2, 0.25) is 0 Å². The van der Waals surface area contributed by atoms with Crippen LogP contribution < -0.4 is 5.73 Å². The van der Waals surface area contributed by atoms with Gasteiger partial charge in [-0.2, -0.15) is 5.10 Å². The van der Waals surface area contributed by atoms with Gasteiger partial charge in [-0.15, -0.1) is 0 Å². The van der Waals surface area contributed by atoms with Gasteiger partial charge in [0.05, 0.1) is 0 Å². The summed E-state index contributed by atoms with van der Waals surface area (Å²) >= 11 is 0. The smallest absolute Gasteiger partial charge is 0.183 e. The Labute approximate surface area is 84.1 Å². The molecule has 0 aromatic carbocycles. The summed E-state index contributed by atoms with van der Waals surface area (Å²) < 4.78 is 1.64. The molecule has 0 saturated carbocycles. The average Bonchev–Trinajstić information content (AvgIpc) is 2.51. The lowest BCUT2D eigenvalue weighted by molar-refractivity contribution is 0.0973. The summed E-state index contributed by atoms with van der Waals surface area (Å²) in [6, 6.07) is 1.92. The van der Waals surface area contributed by atoms with Crippen molar-refractivity contribution < 1.29 is 4.79 Å². The fraction of sp³-hybridized carbons (Fsp3) is 0.600. The summed E-state index contributed by atoms with van der Waals surface area (Å²) in [6.07, 6.45) is 4.04. The van der Waals surface area contributed by atoms with Gasteiger partial charge in [0.1, 0.15) is 5.69 Å². The number of nitrogens with two attached hydrogens (primary N) is 1. The second kappa shape index (κ2) is 4.91. The summed E-state index contributed by atoms with van der Waals surface area (Å²) in [7, 11) is 1.80. The second-order valence-electron chi connectivity index (χ2n) is 3.67. The zero-order chi connectivity index (χ0) is 10.6. The number of aryl methyl sites for hydroxylation is 1. The van der Waals surface area contributed by atoms with Gasteiger partial charge in [-0.05, 0) is 25.8 Å². The zero-order valence-corrected chi connectivity index (χ0v) is 8.73. The van der Waals surface area contributed by atoms with Crippen LogP contribution in [0.1, 0.15) is 36.7 Å². The molecule has 0 fully saturated rings. The number of rotatable bonds is 5. The van der Waals surface area contributed by atoms with E-state index >= 15 is 0 Å². The van der Waals surface area contributed by atoms with Crippen molar-refractivity contribution in [1.29, 1.82) is 0 Å². The summed E-state index contributed by atoms with van der Waals surface area (Å²) in [5, 5.41) is 4.04. The molecule has 1 heterocycles. The predicted molar refractivity (Wildman–Crippen MR) is 55.0 cm³/mol. The largest absolute Gasteiger partial charge is 0.328 e. The van der Waals surface area contributed by atoms with Crippen LogP contribution in [0.3, 0.4) is 0 Å². The monoisotopic (exact) mass is 195 g/mol. The van der Waals surface area contributed by atoms with Crippen molar-refractivity contribution in [2.75, 3.05) is 0 Å². The number of hydrogen-bond acceptors (Lipinski definition) is 3. The molecule has 0 bridgehead atoms. The van der Waals surface area contributed by atoms with Gasteiger partial charge in [0.2, 0.25) is 0 Å². The van der Waals surface area contributed by atoms with Gasteiger partial charge in [-0.25, -0.2) is 0 Å². The number of hydrogen-bond donors (Lipinski definition) is 1. The maximum Gasteiger partial charge on any atom is 0.183 e. The summed E-state index contributed by atoms with van der Waals surface area (Å²) in [4.78, 5) is 11.5. The van der Waals surface area contributed by atoms with Gasteiger partial charge in [0.15, 0.2) is 5.78 Å². The zero-order valence-electron chi connectivity index (χ0n) is 8.73. The Kier molecular flexibility index (Phi) is 3.83. The molecule has 0 spiro atoms. The third-order valence-corrected chi connectivity index (χ3v) is 2.06. The molecule has 0 aliphatic rings. The normalized spacial score (nSPS) is 12.8. The molecule has 4 nitrogen and oxygen atoms in total. The highest BCUT2D eigenvalue weighted by atomic mass is 16.1. The molecule has 0 aliphatic carbocycles. The topological polar surface area (TPSA) is 60.9 Å². The minimum Gasteiger partial charge on any atom is -0.328 e. The van der Waals surface area contributed by atoms with E-state index < -0.39 is 0 Å². The lowest BCUT2D eigenvalue weighted by Gasteiger charge is -2.02. The highest BCUT2D eigenvalue weighted by Gasteiger charge is 2.08. The van der Waals surface area contributed by atoms with Gasteiger partial charge in [0.25, 0.3) is 0 Å². The molecule has 1 atom stereocenters. The number of ketones is 1. The van der Waals surface area contributed by atoms with Gasteiger partial charge in [-0.3, -0.25) is 9.48 Å². The second-order valence-corrected chi connectivity index (χ2v) is 3.67. The average molecular weight is 195 g/mol. The number of aromatic nitrogens is 2. The molecule has 0 saturated heterocycles. The van der Waals surface area contributed by atoms with E-state index in [0.717, 1.165) is 12.8 Å². The number of nitrogens with zero attached hydrogens (tertiary/aromatic N) is 2. The Bertz CT molecular complexity index is 304. The van der Waals surface area contributed by atoms with Gasteiger partial charge >= 0.3 is 0 Å². The van der Waals surface area contributed by atoms with E-state index in [1.165, 1.54) is 0 Å². The third-order valence-electron chi connectivity index (χ3n) is 2.06. The molecule has 78 valence electrons.